The fourth-order valence-electron chi connectivity index (χ4n) is 3.13. The highest BCUT2D eigenvalue weighted by Gasteiger charge is 2.34. The van der Waals surface area contributed by atoms with Crippen LogP contribution < -0.4 is 4.90 Å². The number of benzene rings is 2. The normalized spacial score (nSPS) is 12.0. The van der Waals surface area contributed by atoms with Gasteiger partial charge in [0.2, 0.25) is 0 Å². The van der Waals surface area contributed by atoms with E-state index in [1.54, 1.807) is 30.3 Å². The minimum absolute atomic E-state index is 0.0170. The van der Waals surface area contributed by atoms with Crippen LogP contribution in [0.25, 0.3) is 11.1 Å². The number of carbonyl (C=O) groups is 1. The molecule has 0 bridgehead atoms. The molecule has 0 atom stereocenters. The van der Waals surface area contributed by atoms with E-state index in [4.69, 9.17) is 11.6 Å². The summed E-state index contributed by atoms with van der Waals surface area (Å²) in [7, 11) is 1.45. The number of aliphatic hydroxyl groups is 1. The summed E-state index contributed by atoms with van der Waals surface area (Å²) in [4.78, 5) is 18.5. The van der Waals surface area contributed by atoms with Gasteiger partial charge in [-0.25, -0.2) is 0 Å². The molecule has 2 aromatic carbocycles. The number of hydrogen-bond acceptors (Lipinski definition) is 3. The summed E-state index contributed by atoms with van der Waals surface area (Å²) in [6.07, 6.45) is -1.69. The Morgan fingerprint density at radius 1 is 1.03 bits per heavy atom. The van der Waals surface area contributed by atoms with Crippen LogP contribution in [-0.4, -0.2) is 23.0 Å². The van der Waals surface area contributed by atoms with Crippen LogP contribution in [0.1, 0.15) is 35.3 Å². The zero-order valence-electron chi connectivity index (χ0n) is 17.0. The lowest BCUT2D eigenvalue weighted by Crippen LogP contribution is -2.28. The van der Waals surface area contributed by atoms with Crippen molar-refractivity contribution in [1.82, 2.24) is 4.98 Å². The third-order valence-electron chi connectivity index (χ3n) is 4.84. The van der Waals surface area contributed by atoms with Gasteiger partial charge in [0.05, 0.1) is 23.0 Å². The molecule has 0 aliphatic heterocycles. The van der Waals surface area contributed by atoms with E-state index in [0.717, 1.165) is 12.1 Å². The van der Waals surface area contributed by atoms with Gasteiger partial charge in [-0.05, 0) is 49.7 Å². The number of hydrogen-bond donors (Lipinski definition) is 1. The highest BCUT2D eigenvalue weighted by molar-refractivity contribution is 6.33. The SMILES string of the molecule is CN(C(=O)c1cc(C(C)(C)O)cc(C(F)(F)F)c1)c1cnccc1-c1ccccc1Cl. The molecule has 1 N–H and O–H groups in total. The van der Waals surface area contributed by atoms with Gasteiger partial charge in [-0.2, -0.15) is 13.2 Å². The van der Waals surface area contributed by atoms with Crippen LogP contribution in [0.15, 0.2) is 60.9 Å². The molecule has 0 radical (unpaired) electrons. The van der Waals surface area contributed by atoms with Crippen LogP contribution in [0.3, 0.4) is 0 Å². The Bertz CT molecular complexity index is 1090. The van der Waals surface area contributed by atoms with Crippen LogP contribution in [0, 0.1) is 0 Å². The number of halogens is 4. The van der Waals surface area contributed by atoms with Crippen molar-refractivity contribution in [3.8, 4) is 11.1 Å². The van der Waals surface area contributed by atoms with E-state index in [1.165, 1.54) is 44.3 Å². The second-order valence-electron chi connectivity index (χ2n) is 7.59. The molecule has 0 saturated heterocycles. The summed E-state index contributed by atoms with van der Waals surface area (Å²) in [6.45, 7) is 2.72. The average Bonchev–Trinajstić information content (AvgIpc) is 2.71. The van der Waals surface area contributed by atoms with Crippen molar-refractivity contribution in [2.24, 2.45) is 0 Å². The van der Waals surface area contributed by atoms with Crippen molar-refractivity contribution in [2.75, 3.05) is 11.9 Å². The molecule has 0 unspecified atom stereocenters. The molecule has 0 spiro atoms. The number of rotatable bonds is 4. The minimum Gasteiger partial charge on any atom is -0.386 e. The van der Waals surface area contributed by atoms with Gasteiger partial charge in [-0.1, -0.05) is 29.8 Å². The molecule has 4 nitrogen and oxygen atoms in total. The van der Waals surface area contributed by atoms with Crippen molar-refractivity contribution < 1.29 is 23.1 Å². The topological polar surface area (TPSA) is 53.4 Å². The summed E-state index contributed by atoms with van der Waals surface area (Å²) in [5.41, 5.74) is -1.16. The van der Waals surface area contributed by atoms with E-state index < -0.39 is 23.2 Å². The Kier molecular flexibility index (Phi) is 6.11. The second kappa shape index (κ2) is 8.32. The largest absolute Gasteiger partial charge is 0.416 e. The summed E-state index contributed by atoms with van der Waals surface area (Å²) in [5.74, 6) is -0.682. The van der Waals surface area contributed by atoms with Crippen LogP contribution in [0.5, 0.6) is 0 Å². The van der Waals surface area contributed by atoms with Crippen LogP contribution >= 0.6 is 11.6 Å². The first-order valence-corrected chi connectivity index (χ1v) is 9.69. The van der Waals surface area contributed by atoms with E-state index in [2.05, 4.69) is 4.98 Å². The van der Waals surface area contributed by atoms with E-state index in [9.17, 15) is 23.1 Å². The van der Waals surface area contributed by atoms with Crippen LogP contribution in [-0.2, 0) is 11.8 Å². The first-order chi connectivity index (χ1) is 14.4. The Hall–Kier alpha value is -2.90. The lowest BCUT2D eigenvalue weighted by molar-refractivity contribution is -0.137. The monoisotopic (exact) mass is 448 g/mol. The number of amides is 1. The van der Waals surface area contributed by atoms with Crippen molar-refractivity contribution in [3.63, 3.8) is 0 Å². The number of anilines is 1. The summed E-state index contributed by atoms with van der Waals surface area (Å²) in [5, 5.41) is 10.7. The van der Waals surface area contributed by atoms with Gasteiger partial charge in [-0.3, -0.25) is 9.78 Å². The maximum atomic E-state index is 13.4. The van der Waals surface area contributed by atoms with Gasteiger partial charge in [0.15, 0.2) is 0 Å². The van der Waals surface area contributed by atoms with E-state index in [-0.39, 0.29) is 11.1 Å². The van der Waals surface area contributed by atoms with Gasteiger partial charge < -0.3 is 10.0 Å². The molecule has 162 valence electrons. The van der Waals surface area contributed by atoms with Gasteiger partial charge in [0, 0.05) is 35.0 Å². The predicted molar refractivity (Wildman–Crippen MR) is 114 cm³/mol. The Morgan fingerprint density at radius 2 is 1.68 bits per heavy atom. The lowest BCUT2D eigenvalue weighted by atomic mass is 9.93. The fraction of sp³-hybridized carbons (Fsp3) is 0.217. The molecule has 1 heterocycles. The maximum absolute atomic E-state index is 13.4. The summed E-state index contributed by atoms with van der Waals surface area (Å²) >= 11 is 6.30. The number of alkyl halides is 3. The maximum Gasteiger partial charge on any atom is 0.416 e. The molecule has 3 rings (SSSR count). The Morgan fingerprint density at radius 3 is 2.29 bits per heavy atom. The zero-order chi connectivity index (χ0) is 23.0. The molecule has 0 aliphatic carbocycles. The fourth-order valence-corrected chi connectivity index (χ4v) is 3.37. The molecular formula is C23H20ClF3N2O2. The summed E-state index contributed by atoms with van der Waals surface area (Å²) < 4.78 is 40.3. The standard InChI is InChI=1S/C23H20ClF3N2O2/c1-22(2,31)15-10-14(11-16(12-15)23(25,26)27)21(30)29(3)20-13-28-9-8-18(20)17-6-4-5-7-19(17)24/h4-13,31H,1-3H3. The first kappa shape index (κ1) is 22.8. The number of aromatic nitrogens is 1. The molecule has 3 aromatic rings. The first-order valence-electron chi connectivity index (χ1n) is 9.31. The third-order valence-corrected chi connectivity index (χ3v) is 5.17. The minimum atomic E-state index is -4.67. The van der Waals surface area contributed by atoms with E-state index in [1.807, 2.05) is 0 Å². The van der Waals surface area contributed by atoms with Gasteiger partial charge in [-0.15, -0.1) is 0 Å². The third kappa shape index (κ3) is 4.89. The number of pyridine rings is 1. The van der Waals surface area contributed by atoms with Crippen molar-refractivity contribution >= 4 is 23.2 Å². The van der Waals surface area contributed by atoms with Crippen molar-refractivity contribution in [3.05, 3.63) is 82.6 Å². The molecule has 0 saturated carbocycles. The van der Waals surface area contributed by atoms with Gasteiger partial charge >= 0.3 is 6.18 Å². The quantitative estimate of drug-likeness (QED) is 0.538. The molecule has 31 heavy (non-hydrogen) atoms. The predicted octanol–water partition coefficient (Wildman–Crippen LogP) is 5.92. The van der Waals surface area contributed by atoms with Crippen LogP contribution in [0.2, 0.25) is 5.02 Å². The van der Waals surface area contributed by atoms with Gasteiger partial charge in [0.25, 0.3) is 5.91 Å². The molecule has 1 aromatic heterocycles. The molecular weight excluding hydrogens is 429 g/mol. The zero-order valence-corrected chi connectivity index (χ0v) is 17.8. The Labute approximate surface area is 182 Å². The van der Waals surface area contributed by atoms with E-state index in [0.29, 0.717) is 21.8 Å². The highest BCUT2D eigenvalue weighted by atomic mass is 35.5. The molecule has 0 aliphatic rings. The average molecular weight is 449 g/mol. The molecule has 0 fully saturated rings. The Balaban J connectivity index is 2.10. The lowest BCUT2D eigenvalue weighted by Gasteiger charge is -2.24. The van der Waals surface area contributed by atoms with Crippen molar-refractivity contribution in [2.45, 2.75) is 25.6 Å². The smallest absolute Gasteiger partial charge is 0.386 e. The second-order valence-corrected chi connectivity index (χ2v) is 8.00. The number of carbonyl (C=O) groups excluding carboxylic acids is 1. The molecule has 8 heteroatoms. The van der Waals surface area contributed by atoms with Crippen LogP contribution in [0.4, 0.5) is 18.9 Å². The number of nitrogens with zero attached hydrogens (tertiary/aromatic N) is 2. The van der Waals surface area contributed by atoms with Crippen molar-refractivity contribution in [1.29, 1.82) is 0 Å². The summed E-state index contributed by atoms with van der Waals surface area (Å²) in [6, 6.07) is 11.6. The van der Waals surface area contributed by atoms with E-state index >= 15 is 0 Å². The van der Waals surface area contributed by atoms with Gasteiger partial charge in [0.1, 0.15) is 0 Å². The molecule has 1 amide bonds. The highest BCUT2D eigenvalue weighted by Crippen LogP contribution is 2.36.